The van der Waals surface area contributed by atoms with E-state index < -0.39 is 0 Å². The highest BCUT2D eigenvalue weighted by Gasteiger charge is 2.34. The van der Waals surface area contributed by atoms with E-state index in [9.17, 15) is 0 Å². The van der Waals surface area contributed by atoms with Crippen molar-refractivity contribution in [1.82, 2.24) is 15.5 Å². The molecule has 0 aromatic rings. The molecule has 0 aromatic heterocycles. The molecule has 1 fully saturated rings. The maximum atomic E-state index is 5.51. The third kappa shape index (κ3) is 6.50. The summed E-state index contributed by atoms with van der Waals surface area (Å²) >= 11 is 0. The quantitative estimate of drug-likeness (QED) is 0.379. The molecule has 1 aliphatic heterocycles. The van der Waals surface area contributed by atoms with E-state index in [0.29, 0.717) is 0 Å². The number of unbranched alkanes of at least 4 members (excludes halogenated alkanes) is 1. The van der Waals surface area contributed by atoms with Crippen molar-refractivity contribution in [2.75, 3.05) is 60.7 Å². The standard InChI is InChI=1S/C16H34N4O2/c1-5-21-11-7-6-10-18-15(17-2)19-14-16(20(3)4)8-12-22-13-9-16/h5-14H2,1-4H3,(H2,17,18,19). The first-order valence-corrected chi connectivity index (χ1v) is 8.42. The van der Waals surface area contributed by atoms with Gasteiger partial charge in [0.05, 0.1) is 0 Å². The Labute approximate surface area is 135 Å². The van der Waals surface area contributed by atoms with Gasteiger partial charge in [-0.05, 0) is 46.7 Å². The molecule has 0 amide bonds. The van der Waals surface area contributed by atoms with Crippen LogP contribution < -0.4 is 10.6 Å². The van der Waals surface area contributed by atoms with Crippen LogP contribution in [0.2, 0.25) is 0 Å². The van der Waals surface area contributed by atoms with Gasteiger partial charge in [0.2, 0.25) is 0 Å². The van der Waals surface area contributed by atoms with Gasteiger partial charge in [0.15, 0.2) is 5.96 Å². The maximum absolute atomic E-state index is 5.51. The van der Waals surface area contributed by atoms with Gasteiger partial charge in [0.1, 0.15) is 0 Å². The molecule has 0 spiro atoms. The number of aliphatic imine (C=N–C) groups is 1. The number of guanidine groups is 1. The summed E-state index contributed by atoms with van der Waals surface area (Å²) in [5.41, 5.74) is 0.158. The Morgan fingerprint density at radius 1 is 1.23 bits per heavy atom. The van der Waals surface area contributed by atoms with Gasteiger partial charge in [0.25, 0.3) is 0 Å². The summed E-state index contributed by atoms with van der Waals surface area (Å²) in [5, 5.41) is 6.85. The molecule has 0 radical (unpaired) electrons. The van der Waals surface area contributed by atoms with E-state index in [2.05, 4.69) is 34.6 Å². The van der Waals surface area contributed by atoms with Gasteiger partial charge in [-0.25, -0.2) is 0 Å². The van der Waals surface area contributed by atoms with Crippen molar-refractivity contribution in [3.63, 3.8) is 0 Å². The molecule has 2 N–H and O–H groups in total. The van der Waals surface area contributed by atoms with Gasteiger partial charge in [-0.2, -0.15) is 0 Å². The van der Waals surface area contributed by atoms with E-state index >= 15 is 0 Å². The van der Waals surface area contributed by atoms with Crippen LogP contribution in [-0.4, -0.2) is 77.1 Å². The molecular weight excluding hydrogens is 280 g/mol. The van der Waals surface area contributed by atoms with E-state index in [0.717, 1.165) is 71.2 Å². The number of ether oxygens (including phenoxy) is 2. The van der Waals surface area contributed by atoms with Crippen LogP contribution in [0.3, 0.4) is 0 Å². The fourth-order valence-electron chi connectivity index (χ4n) is 2.68. The third-order valence-electron chi connectivity index (χ3n) is 4.39. The minimum atomic E-state index is 0.158. The normalized spacial score (nSPS) is 18.5. The molecule has 1 saturated heterocycles. The van der Waals surface area contributed by atoms with Crippen LogP contribution in [0, 0.1) is 0 Å². The van der Waals surface area contributed by atoms with E-state index in [1.807, 2.05) is 14.0 Å². The molecule has 22 heavy (non-hydrogen) atoms. The van der Waals surface area contributed by atoms with E-state index in [1.165, 1.54) is 0 Å². The van der Waals surface area contributed by atoms with E-state index in [4.69, 9.17) is 9.47 Å². The second-order valence-corrected chi connectivity index (χ2v) is 5.99. The summed E-state index contributed by atoms with van der Waals surface area (Å²) in [4.78, 5) is 6.63. The number of nitrogens with one attached hydrogen (secondary N) is 2. The number of hydrogen-bond donors (Lipinski definition) is 2. The topological polar surface area (TPSA) is 58.1 Å². The third-order valence-corrected chi connectivity index (χ3v) is 4.39. The number of likely N-dealkylation sites (N-methyl/N-ethyl adjacent to an activating group) is 1. The lowest BCUT2D eigenvalue weighted by Crippen LogP contribution is -2.57. The fraction of sp³-hybridized carbons (Fsp3) is 0.938. The van der Waals surface area contributed by atoms with Crippen LogP contribution in [0.15, 0.2) is 4.99 Å². The van der Waals surface area contributed by atoms with Crippen LogP contribution in [0.25, 0.3) is 0 Å². The summed E-state index contributed by atoms with van der Waals surface area (Å²) in [6.45, 7) is 7.15. The molecule has 0 bridgehead atoms. The van der Waals surface area contributed by atoms with Crippen LogP contribution >= 0.6 is 0 Å². The van der Waals surface area contributed by atoms with Gasteiger partial charge in [-0.1, -0.05) is 0 Å². The van der Waals surface area contributed by atoms with Crippen LogP contribution in [0.4, 0.5) is 0 Å². The second-order valence-electron chi connectivity index (χ2n) is 5.99. The average Bonchev–Trinajstić information content (AvgIpc) is 2.54. The summed E-state index contributed by atoms with van der Waals surface area (Å²) in [5.74, 6) is 0.879. The Bertz CT molecular complexity index is 315. The van der Waals surface area contributed by atoms with Crippen LogP contribution in [0.1, 0.15) is 32.6 Å². The molecule has 0 atom stereocenters. The van der Waals surface area contributed by atoms with Crippen molar-refractivity contribution in [1.29, 1.82) is 0 Å². The van der Waals surface area contributed by atoms with Crippen molar-refractivity contribution in [3.8, 4) is 0 Å². The molecule has 0 unspecified atom stereocenters. The first-order chi connectivity index (χ1) is 10.6. The predicted octanol–water partition coefficient (Wildman–Crippen LogP) is 1.08. The first-order valence-electron chi connectivity index (χ1n) is 8.42. The zero-order valence-electron chi connectivity index (χ0n) is 14.8. The Balaban J connectivity index is 2.30. The Morgan fingerprint density at radius 2 is 1.95 bits per heavy atom. The van der Waals surface area contributed by atoms with Crippen molar-refractivity contribution < 1.29 is 9.47 Å². The highest BCUT2D eigenvalue weighted by molar-refractivity contribution is 5.79. The molecule has 6 nitrogen and oxygen atoms in total. The lowest BCUT2D eigenvalue weighted by molar-refractivity contribution is -0.00501. The van der Waals surface area contributed by atoms with Gasteiger partial charge < -0.3 is 25.0 Å². The number of nitrogens with zero attached hydrogens (tertiary/aromatic N) is 2. The minimum Gasteiger partial charge on any atom is -0.382 e. The predicted molar refractivity (Wildman–Crippen MR) is 91.6 cm³/mol. The zero-order valence-corrected chi connectivity index (χ0v) is 14.8. The number of hydrogen-bond acceptors (Lipinski definition) is 4. The maximum Gasteiger partial charge on any atom is 0.191 e. The smallest absolute Gasteiger partial charge is 0.191 e. The highest BCUT2D eigenvalue weighted by atomic mass is 16.5. The SMILES string of the molecule is CCOCCCCNC(=NC)NCC1(N(C)C)CCOCC1. The number of rotatable bonds is 9. The molecule has 130 valence electrons. The highest BCUT2D eigenvalue weighted by Crippen LogP contribution is 2.24. The molecular formula is C16H34N4O2. The van der Waals surface area contributed by atoms with Crippen molar-refractivity contribution in [2.24, 2.45) is 4.99 Å². The molecule has 1 aliphatic rings. The van der Waals surface area contributed by atoms with Crippen molar-refractivity contribution >= 4 is 5.96 Å². The Hall–Kier alpha value is -0.850. The molecule has 0 aliphatic carbocycles. The minimum absolute atomic E-state index is 0.158. The summed E-state index contributed by atoms with van der Waals surface area (Å²) in [6, 6.07) is 0. The molecule has 0 saturated carbocycles. The molecule has 1 heterocycles. The summed E-state index contributed by atoms with van der Waals surface area (Å²) < 4.78 is 10.8. The average molecular weight is 314 g/mol. The monoisotopic (exact) mass is 314 g/mol. The van der Waals surface area contributed by atoms with Gasteiger partial charge in [-0.15, -0.1) is 0 Å². The molecule has 6 heteroatoms. The van der Waals surface area contributed by atoms with Crippen molar-refractivity contribution in [2.45, 2.75) is 38.1 Å². The van der Waals surface area contributed by atoms with Crippen molar-refractivity contribution in [3.05, 3.63) is 0 Å². The van der Waals surface area contributed by atoms with Gasteiger partial charge >= 0.3 is 0 Å². The van der Waals surface area contributed by atoms with Gasteiger partial charge in [-0.3, -0.25) is 4.99 Å². The Morgan fingerprint density at radius 3 is 2.55 bits per heavy atom. The molecule has 1 rings (SSSR count). The summed E-state index contributed by atoms with van der Waals surface area (Å²) in [6.07, 6.45) is 4.28. The largest absolute Gasteiger partial charge is 0.382 e. The van der Waals surface area contributed by atoms with Crippen LogP contribution in [0.5, 0.6) is 0 Å². The van der Waals surface area contributed by atoms with E-state index in [1.54, 1.807) is 0 Å². The Kier molecular flexibility index (Phi) is 9.43. The van der Waals surface area contributed by atoms with Gasteiger partial charge in [0, 0.05) is 52.1 Å². The lowest BCUT2D eigenvalue weighted by Gasteiger charge is -2.43. The first kappa shape index (κ1) is 19.2. The molecule has 0 aromatic carbocycles. The summed E-state index contributed by atoms with van der Waals surface area (Å²) in [7, 11) is 6.12. The zero-order chi connectivity index (χ0) is 16.3. The fourth-order valence-corrected chi connectivity index (χ4v) is 2.68. The second kappa shape index (κ2) is 10.8. The van der Waals surface area contributed by atoms with E-state index in [-0.39, 0.29) is 5.54 Å². The van der Waals surface area contributed by atoms with Crippen LogP contribution in [-0.2, 0) is 9.47 Å². The lowest BCUT2D eigenvalue weighted by atomic mass is 9.88.